The molecule has 7 nitrogen and oxygen atoms in total. The van der Waals surface area contributed by atoms with Gasteiger partial charge in [-0.15, -0.1) is 0 Å². The van der Waals surface area contributed by atoms with E-state index in [9.17, 15) is 14.7 Å². The lowest BCUT2D eigenvalue weighted by Crippen LogP contribution is -2.25. The molecule has 0 spiro atoms. The molecule has 4 aromatic rings. The quantitative estimate of drug-likeness (QED) is 0.197. The summed E-state index contributed by atoms with van der Waals surface area (Å²) in [7, 11) is 0. The summed E-state index contributed by atoms with van der Waals surface area (Å²) in [6.45, 7) is 3.67. The number of nitrogens with zero attached hydrogens (tertiary/aromatic N) is 3. The number of aryl methyl sites for hydroxylation is 1. The van der Waals surface area contributed by atoms with Crippen LogP contribution >= 0.6 is 11.8 Å². The van der Waals surface area contributed by atoms with Crippen LogP contribution in [0.2, 0.25) is 0 Å². The zero-order valence-corrected chi connectivity index (χ0v) is 19.0. The smallest absolute Gasteiger partial charge is 0.266 e. The van der Waals surface area contributed by atoms with Crippen LogP contribution in [-0.2, 0) is 4.79 Å². The van der Waals surface area contributed by atoms with Gasteiger partial charge in [0.2, 0.25) is 0 Å². The minimum absolute atomic E-state index is 0.0213. The molecule has 8 heteroatoms. The van der Waals surface area contributed by atoms with Crippen molar-refractivity contribution in [1.29, 1.82) is 0 Å². The van der Waals surface area contributed by atoms with E-state index in [4.69, 9.17) is 0 Å². The molecule has 0 aliphatic heterocycles. The average molecular weight is 459 g/mol. The van der Waals surface area contributed by atoms with Crippen LogP contribution in [-0.4, -0.2) is 32.0 Å². The first-order chi connectivity index (χ1) is 15.9. The molecule has 0 fully saturated rings. The highest BCUT2D eigenvalue weighted by Crippen LogP contribution is 2.23. The third kappa shape index (κ3) is 4.96. The predicted molar refractivity (Wildman–Crippen MR) is 131 cm³/mol. The maximum Gasteiger partial charge on any atom is 0.266 e. The number of rotatable bonds is 6. The molecule has 0 bridgehead atoms. The second-order valence-corrected chi connectivity index (χ2v) is 8.35. The number of benzene rings is 3. The zero-order chi connectivity index (χ0) is 23.4. The minimum atomic E-state index is -0.335. The monoisotopic (exact) mass is 458 g/mol. The lowest BCUT2D eigenvalue weighted by Gasteiger charge is -2.14. The first-order valence-electron chi connectivity index (χ1n) is 10.3. The molecule has 4 rings (SSSR count). The summed E-state index contributed by atoms with van der Waals surface area (Å²) < 4.78 is 1.55. The Morgan fingerprint density at radius 2 is 1.85 bits per heavy atom. The molecule has 0 aliphatic rings. The van der Waals surface area contributed by atoms with E-state index in [-0.39, 0.29) is 23.0 Å². The number of carbonyl (C=O) groups excluding carboxylic acids is 1. The van der Waals surface area contributed by atoms with Crippen molar-refractivity contribution in [2.75, 3.05) is 5.75 Å². The van der Waals surface area contributed by atoms with Crippen LogP contribution in [0.25, 0.3) is 16.6 Å². The van der Waals surface area contributed by atoms with E-state index >= 15 is 0 Å². The van der Waals surface area contributed by atoms with Gasteiger partial charge in [-0.1, -0.05) is 54.2 Å². The van der Waals surface area contributed by atoms with E-state index in [1.54, 1.807) is 54.0 Å². The number of amides is 1. The maximum atomic E-state index is 13.3. The maximum absolute atomic E-state index is 13.3. The molecule has 0 unspecified atom stereocenters. The molecule has 1 aromatic heterocycles. The van der Waals surface area contributed by atoms with Crippen molar-refractivity contribution in [1.82, 2.24) is 15.0 Å². The van der Waals surface area contributed by atoms with Gasteiger partial charge in [0, 0.05) is 5.56 Å². The molecule has 3 aromatic carbocycles. The van der Waals surface area contributed by atoms with Crippen LogP contribution in [0.4, 0.5) is 0 Å². The third-order valence-electron chi connectivity index (χ3n) is 5.05. The van der Waals surface area contributed by atoms with Gasteiger partial charge >= 0.3 is 0 Å². The lowest BCUT2D eigenvalue weighted by atomic mass is 10.1. The van der Waals surface area contributed by atoms with Gasteiger partial charge < -0.3 is 5.11 Å². The molecule has 1 heterocycles. The number of aromatic hydroxyl groups is 1. The summed E-state index contributed by atoms with van der Waals surface area (Å²) in [5.74, 6) is -0.188. The molecule has 33 heavy (non-hydrogen) atoms. The number of phenols is 1. The molecule has 0 radical (unpaired) electrons. The Balaban J connectivity index is 1.60. The number of hydrazone groups is 1. The standard InChI is InChI=1S/C25H22N4O3S/c1-16-8-3-6-13-22(16)29-24(32)20-11-4-5-12-21(20)26-25(29)33-15-23(31)28-27-17(2)18-9-7-10-19(30)14-18/h3-14,30H,15H2,1-2H3,(H,28,31)/b27-17+. The number of hydrogen-bond donors (Lipinski definition) is 2. The number of fused-ring (bicyclic) bond motifs is 1. The van der Waals surface area contributed by atoms with Crippen LogP contribution < -0.4 is 11.0 Å². The van der Waals surface area contributed by atoms with Crippen molar-refractivity contribution in [2.45, 2.75) is 19.0 Å². The van der Waals surface area contributed by atoms with E-state index in [0.29, 0.717) is 27.3 Å². The average Bonchev–Trinajstić information content (AvgIpc) is 2.82. The van der Waals surface area contributed by atoms with Gasteiger partial charge in [-0.3, -0.25) is 14.2 Å². The molecule has 1 amide bonds. The zero-order valence-electron chi connectivity index (χ0n) is 18.1. The van der Waals surface area contributed by atoms with Gasteiger partial charge in [0.15, 0.2) is 5.16 Å². The summed E-state index contributed by atoms with van der Waals surface area (Å²) >= 11 is 1.17. The van der Waals surface area contributed by atoms with E-state index in [1.807, 2.05) is 37.3 Å². The van der Waals surface area contributed by atoms with E-state index in [0.717, 1.165) is 11.3 Å². The highest BCUT2D eigenvalue weighted by atomic mass is 32.2. The minimum Gasteiger partial charge on any atom is -0.508 e. The molecule has 0 saturated carbocycles. The number of aromatic nitrogens is 2. The normalized spacial score (nSPS) is 11.5. The van der Waals surface area contributed by atoms with Crippen LogP contribution in [0.15, 0.2) is 87.8 Å². The van der Waals surface area contributed by atoms with E-state index in [2.05, 4.69) is 15.5 Å². The topological polar surface area (TPSA) is 96.6 Å². The fourth-order valence-corrected chi connectivity index (χ4v) is 4.14. The predicted octanol–water partition coefficient (Wildman–Crippen LogP) is 4.03. The number of nitrogens with one attached hydrogen (secondary N) is 1. The van der Waals surface area contributed by atoms with Gasteiger partial charge in [-0.2, -0.15) is 5.10 Å². The fraction of sp³-hybridized carbons (Fsp3) is 0.120. The van der Waals surface area contributed by atoms with Crippen molar-refractivity contribution >= 4 is 34.3 Å². The van der Waals surface area contributed by atoms with Gasteiger partial charge in [0.05, 0.1) is 28.1 Å². The summed E-state index contributed by atoms with van der Waals surface area (Å²) in [6, 6.07) is 21.4. The first kappa shape index (κ1) is 22.3. The number of carbonyl (C=O) groups is 1. The van der Waals surface area contributed by atoms with Crippen LogP contribution in [0.1, 0.15) is 18.1 Å². The molecule has 0 atom stereocenters. The van der Waals surface area contributed by atoms with E-state index in [1.165, 1.54) is 11.8 Å². The second-order valence-electron chi connectivity index (χ2n) is 7.41. The molecular formula is C25H22N4O3S. The van der Waals surface area contributed by atoms with Crippen molar-refractivity contribution in [2.24, 2.45) is 5.10 Å². The van der Waals surface area contributed by atoms with Crippen LogP contribution in [0.5, 0.6) is 5.75 Å². The van der Waals surface area contributed by atoms with Crippen molar-refractivity contribution in [3.8, 4) is 11.4 Å². The molecule has 0 saturated heterocycles. The Morgan fingerprint density at radius 1 is 1.09 bits per heavy atom. The van der Waals surface area contributed by atoms with Crippen LogP contribution in [0.3, 0.4) is 0 Å². The van der Waals surface area contributed by atoms with Gasteiger partial charge in [0.1, 0.15) is 5.75 Å². The molecule has 0 aliphatic carbocycles. The summed E-state index contributed by atoms with van der Waals surface area (Å²) in [5.41, 5.74) is 5.83. The lowest BCUT2D eigenvalue weighted by molar-refractivity contribution is -0.118. The number of thioether (sulfide) groups is 1. The highest BCUT2D eigenvalue weighted by molar-refractivity contribution is 7.99. The Hall–Kier alpha value is -3.91. The number of hydrogen-bond acceptors (Lipinski definition) is 6. The Labute approximate surface area is 194 Å². The Morgan fingerprint density at radius 3 is 2.64 bits per heavy atom. The Kier molecular flexibility index (Phi) is 6.55. The fourth-order valence-electron chi connectivity index (χ4n) is 3.34. The largest absolute Gasteiger partial charge is 0.508 e. The highest BCUT2D eigenvalue weighted by Gasteiger charge is 2.16. The summed E-state index contributed by atoms with van der Waals surface area (Å²) in [5, 5.41) is 14.7. The van der Waals surface area contributed by atoms with Gasteiger partial charge in [-0.05, 0) is 49.7 Å². The summed E-state index contributed by atoms with van der Waals surface area (Å²) in [6.07, 6.45) is 0. The van der Waals surface area contributed by atoms with Gasteiger partial charge in [-0.25, -0.2) is 10.4 Å². The number of para-hydroxylation sites is 2. The van der Waals surface area contributed by atoms with Gasteiger partial charge in [0.25, 0.3) is 11.5 Å². The van der Waals surface area contributed by atoms with Crippen molar-refractivity contribution < 1.29 is 9.90 Å². The SMILES string of the molecule is C/C(=N\NC(=O)CSc1nc2ccccc2c(=O)n1-c1ccccc1C)c1cccc(O)c1. The molecule has 166 valence electrons. The van der Waals surface area contributed by atoms with Crippen molar-refractivity contribution in [3.63, 3.8) is 0 Å². The Bertz CT molecular complexity index is 1430. The van der Waals surface area contributed by atoms with E-state index < -0.39 is 0 Å². The first-order valence-corrected chi connectivity index (χ1v) is 11.3. The molecular weight excluding hydrogens is 436 g/mol. The second kappa shape index (κ2) is 9.70. The number of phenolic OH excluding ortho intramolecular Hbond substituents is 1. The third-order valence-corrected chi connectivity index (χ3v) is 5.98. The summed E-state index contributed by atoms with van der Waals surface area (Å²) in [4.78, 5) is 30.5. The van der Waals surface area contributed by atoms with Crippen LogP contribution in [0, 0.1) is 6.92 Å². The molecule has 2 N–H and O–H groups in total. The van der Waals surface area contributed by atoms with Crippen molar-refractivity contribution in [3.05, 3.63) is 94.3 Å².